The van der Waals surface area contributed by atoms with Gasteiger partial charge < -0.3 is 5.32 Å². The van der Waals surface area contributed by atoms with Crippen molar-refractivity contribution in [3.63, 3.8) is 0 Å². The zero-order valence-corrected chi connectivity index (χ0v) is 15.4. The van der Waals surface area contributed by atoms with E-state index in [9.17, 15) is 4.79 Å². The summed E-state index contributed by atoms with van der Waals surface area (Å²) in [7, 11) is 0. The number of nitrogens with zero attached hydrogens (tertiary/aromatic N) is 3. The van der Waals surface area contributed by atoms with Gasteiger partial charge in [-0.1, -0.05) is 30.2 Å². The smallest absolute Gasteiger partial charge is 0.226 e. The Morgan fingerprint density at radius 2 is 1.92 bits per heavy atom. The Morgan fingerprint density at radius 3 is 2.56 bits per heavy atom. The zero-order chi connectivity index (χ0) is 17.6. The summed E-state index contributed by atoms with van der Waals surface area (Å²) < 4.78 is 1.75. The van der Waals surface area contributed by atoms with Crippen molar-refractivity contribution < 1.29 is 4.79 Å². The SMILES string of the molecule is Cc1c(Cl)cnn1CCC(=O)Nc1ccc(CN2CCCCC2)cc1. The van der Waals surface area contributed by atoms with Crippen molar-refractivity contribution in [2.75, 3.05) is 18.4 Å². The Morgan fingerprint density at radius 1 is 1.20 bits per heavy atom. The summed E-state index contributed by atoms with van der Waals surface area (Å²) in [4.78, 5) is 14.6. The van der Waals surface area contributed by atoms with E-state index < -0.39 is 0 Å². The Labute approximate surface area is 154 Å². The van der Waals surface area contributed by atoms with Crippen molar-refractivity contribution in [2.24, 2.45) is 0 Å². The van der Waals surface area contributed by atoms with Gasteiger partial charge in [-0.3, -0.25) is 14.4 Å². The molecule has 0 saturated carbocycles. The molecule has 1 aliphatic rings. The number of carbonyl (C=O) groups excluding carboxylic acids is 1. The van der Waals surface area contributed by atoms with Crippen molar-refractivity contribution in [3.8, 4) is 0 Å². The number of aryl methyl sites for hydroxylation is 1. The minimum absolute atomic E-state index is 0.0187. The molecule has 2 heterocycles. The highest BCUT2D eigenvalue weighted by molar-refractivity contribution is 6.31. The number of rotatable bonds is 6. The Balaban J connectivity index is 1.47. The molecule has 0 atom stereocenters. The molecule has 25 heavy (non-hydrogen) atoms. The van der Waals surface area contributed by atoms with Gasteiger partial charge in [0.1, 0.15) is 0 Å². The first-order valence-corrected chi connectivity index (χ1v) is 9.28. The molecule has 1 saturated heterocycles. The molecule has 1 N–H and O–H groups in total. The van der Waals surface area contributed by atoms with E-state index in [-0.39, 0.29) is 5.91 Å². The molecule has 1 fully saturated rings. The summed E-state index contributed by atoms with van der Waals surface area (Å²) >= 11 is 5.97. The van der Waals surface area contributed by atoms with Crippen LogP contribution in [-0.2, 0) is 17.9 Å². The summed E-state index contributed by atoms with van der Waals surface area (Å²) in [6, 6.07) is 8.16. The molecule has 1 aromatic heterocycles. The van der Waals surface area contributed by atoms with Crippen molar-refractivity contribution in [1.82, 2.24) is 14.7 Å². The highest BCUT2D eigenvalue weighted by atomic mass is 35.5. The average Bonchev–Trinajstić information content (AvgIpc) is 2.94. The predicted octanol–water partition coefficient (Wildman–Crippen LogP) is 3.86. The van der Waals surface area contributed by atoms with Crippen LogP contribution in [0.3, 0.4) is 0 Å². The second-order valence-electron chi connectivity index (χ2n) is 6.63. The monoisotopic (exact) mass is 360 g/mol. The number of halogens is 1. The number of likely N-dealkylation sites (tertiary alicyclic amines) is 1. The number of nitrogens with one attached hydrogen (secondary N) is 1. The maximum Gasteiger partial charge on any atom is 0.226 e. The average molecular weight is 361 g/mol. The van der Waals surface area contributed by atoms with E-state index in [2.05, 4.69) is 27.4 Å². The van der Waals surface area contributed by atoms with Gasteiger partial charge in [0.05, 0.1) is 23.5 Å². The molecule has 0 unspecified atom stereocenters. The Kier molecular flexibility index (Phi) is 6.10. The lowest BCUT2D eigenvalue weighted by Gasteiger charge is -2.26. The first kappa shape index (κ1) is 18.0. The van der Waals surface area contributed by atoms with Gasteiger partial charge >= 0.3 is 0 Å². The molecule has 5 nitrogen and oxygen atoms in total. The van der Waals surface area contributed by atoms with Crippen LogP contribution in [0.1, 0.15) is 36.9 Å². The highest BCUT2D eigenvalue weighted by Crippen LogP contribution is 2.16. The number of hydrogen-bond acceptors (Lipinski definition) is 3. The fraction of sp³-hybridized carbons (Fsp3) is 0.474. The molecule has 0 radical (unpaired) electrons. The van der Waals surface area contributed by atoms with Crippen molar-refractivity contribution >= 4 is 23.2 Å². The maximum atomic E-state index is 12.1. The standard InChI is InChI=1S/C19H25ClN4O/c1-15-18(20)13-21-24(15)12-9-19(25)22-17-7-5-16(6-8-17)14-23-10-3-2-4-11-23/h5-8,13H,2-4,9-12,14H2,1H3,(H,22,25). The summed E-state index contributed by atoms with van der Waals surface area (Å²) in [5.74, 6) is -0.0187. The lowest BCUT2D eigenvalue weighted by molar-refractivity contribution is -0.116. The van der Waals surface area contributed by atoms with Gasteiger partial charge in [0.2, 0.25) is 5.91 Å². The number of carbonyl (C=O) groups is 1. The Hall–Kier alpha value is -1.85. The van der Waals surface area contributed by atoms with E-state index in [1.165, 1.54) is 37.9 Å². The first-order chi connectivity index (χ1) is 12.1. The van der Waals surface area contributed by atoms with E-state index in [0.717, 1.165) is 17.9 Å². The lowest BCUT2D eigenvalue weighted by atomic mass is 10.1. The van der Waals surface area contributed by atoms with Crippen LogP contribution in [0.2, 0.25) is 5.02 Å². The number of benzene rings is 1. The van der Waals surface area contributed by atoms with Crippen LogP contribution in [0.15, 0.2) is 30.5 Å². The third-order valence-corrected chi connectivity index (χ3v) is 5.06. The molecule has 6 heteroatoms. The zero-order valence-electron chi connectivity index (χ0n) is 14.7. The molecular weight excluding hydrogens is 336 g/mol. The summed E-state index contributed by atoms with van der Waals surface area (Å²) in [5, 5.41) is 7.73. The second kappa shape index (κ2) is 8.50. The molecule has 1 aliphatic heterocycles. The van der Waals surface area contributed by atoms with Gasteiger partial charge in [0.15, 0.2) is 0 Å². The van der Waals surface area contributed by atoms with E-state index in [4.69, 9.17) is 11.6 Å². The van der Waals surface area contributed by atoms with Crippen LogP contribution in [0, 0.1) is 6.92 Å². The largest absolute Gasteiger partial charge is 0.326 e. The molecule has 134 valence electrons. The quantitative estimate of drug-likeness (QED) is 0.851. The molecule has 0 aliphatic carbocycles. The maximum absolute atomic E-state index is 12.1. The summed E-state index contributed by atoms with van der Waals surface area (Å²) in [5.41, 5.74) is 3.01. The van der Waals surface area contributed by atoms with E-state index in [1.807, 2.05) is 19.1 Å². The normalized spacial score (nSPS) is 15.3. The topological polar surface area (TPSA) is 50.2 Å². The number of amides is 1. The third-order valence-electron chi connectivity index (χ3n) is 4.69. The highest BCUT2D eigenvalue weighted by Gasteiger charge is 2.11. The van der Waals surface area contributed by atoms with Crippen LogP contribution < -0.4 is 5.32 Å². The van der Waals surface area contributed by atoms with Crippen LogP contribution in [0.4, 0.5) is 5.69 Å². The van der Waals surface area contributed by atoms with Gasteiger partial charge in [-0.2, -0.15) is 5.10 Å². The first-order valence-electron chi connectivity index (χ1n) is 8.91. The lowest BCUT2D eigenvalue weighted by Crippen LogP contribution is -2.29. The van der Waals surface area contributed by atoms with Crippen molar-refractivity contribution in [2.45, 2.75) is 45.7 Å². The summed E-state index contributed by atoms with van der Waals surface area (Å²) in [6.07, 6.45) is 5.93. The molecule has 2 aromatic rings. The van der Waals surface area contributed by atoms with E-state index in [0.29, 0.717) is 18.0 Å². The van der Waals surface area contributed by atoms with Crippen LogP contribution in [0.5, 0.6) is 0 Å². The number of aromatic nitrogens is 2. The summed E-state index contributed by atoms with van der Waals surface area (Å²) in [6.45, 7) is 5.80. The predicted molar refractivity (Wildman–Crippen MR) is 101 cm³/mol. The number of anilines is 1. The van der Waals surface area contributed by atoms with E-state index >= 15 is 0 Å². The third kappa shape index (κ3) is 5.06. The van der Waals surface area contributed by atoms with E-state index in [1.54, 1.807) is 10.9 Å². The van der Waals surface area contributed by atoms with Crippen LogP contribution >= 0.6 is 11.6 Å². The minimum Gasteiger partial charge on any atom is -0.326 e. The fourth-order valence-electron chi connectivity index (χ4n) is 3.15. The minimum atomic E-state index is -0.0187. The van der Waals surface area contributed by atoms with Gasteiger partial charge in [-0.15, -0.1) is 0 Å². The fourth-order valence-corrected chi connectivity index (χ4v) is 3.29. The van der Waals surface area contributed by atoms with Crippen molar-refractivity contribution in [3.05, 3.63) is 46.7 Å². The van der Waals surface area contributed by atoms with Crippen LogP contribution in [-0.4, -0.2) is 33.7 Å². The molecule has 0 bridgehead atoms. The van der Waals surface area contributed by atoms with Gasteiger partial charge in [-0.25, -0.2) is 0 Å². The number of piperidine rings is 1. The molecule has 1 amide bonds. The molecule has 0 spiro atoms. The Bertz CT molecular complexity index is 705. The molecule has 1 aromatic carbocycles. The van der Waals surface area contributed by atoms with Crippen LogP contribution in [0.25, 0.3) is 0 Å². The van der Waals surface area contributed by atoms with Crippen molar-refractivity contribution in [1.29, 1.82) is 0 Å². The molecule has 3 rings (SSSR count). The molecular formula is C19H25ClN4O. The van der Waals surface area contributed by atoms with Gasteiger partial charge in [0, 0.05) is 18.7 Å². The number of hydrogen-bond donors (Lipinski definition) is 1. The van der Waals surface area contributed by atoms with Gasteiger partial charge in [0.25, 0.3) is 0 Å². The van der Waals surface area contributed by atoms with Gasteiger partial charge in [-0.05, 0) is 50.6 Å². The second-order valence-corrected chi connectivity index (χ2v) is 7.04.